The molecule has 1 aliphatic rings. The fraction of sp³-hybridized carbons (Fsp3) is 0.143. The molecule has 4 heterocycles. The number of anilines is 1. The van der Waals surface area contributed by atoms with Crippen LogP contribution in [0.3, 0.4) is 0 Å². The van der Waals surface area contributed by atoms with Crippen LogP contribution in [0.25, 0.3) is 33.5 Å². The SMILES string of the molecule is O=C(Nc1cn2cc(-c3c(Cl)c(F)c(-n4cccc4)c4[nH]ncc34)ncc2n1)C1CC1F. The minimum absolute atomic E-state index is 0.0918. The molecule has 6 rings (SSSR count). The highest BCUT2D eigenvalue weighted by molar-refractivity contribution is 6.35. The Hall–Kier alpha value is -3.79. The molecule has 4 aromatic heterocycles. The van der Waals surface area contributed by atoms with Crippen LogP contribution in [0.4, 0.5) is 14.6 Å². The van der Waals surface area contributed by atoms with Crippen molar-refractivity contribution in [3.63, 3.8) is 0 Å². The summed E-state index contributed by atoms with van der Waals surface area (Å²) >= 11 is 6.48. The number of hydrogen-bond donors (Lipinski definition) is 2. The van der Waals surface area contributed by atoms with Crippen LogP contribution in [0, 0.1) is 11.7 Å². The van der Waals surface area contributed by atoms with Crippen LogP contribution in [0.1, 0.15) is 6.42 Å². The van der Waals surface area contributed by atoms with Crippen molar-refractivity contribution < 1.29 is 13.6 Å². The number of halogens is 3. The first-order chi connectivity index (χ1) is 15.5. The number of rotatable bonds is 4. The molecule has 11 heteroatoms. The Balaban J connectivity index is 1.45. The lowest BCUT2D eigenvalue weighted by molar-refractivity contribution is -0.117. The molecule has 1 saturated carbocycles. The predicted octanol–water partition coefficient (Wildman–Crippen LogP) is 4.15. The average Bonchev–Trinajstić information content (AvgIpc) is 3.21. The molecule has 1 fully saturated rings. The summed E-state index contributed by atoms with van der Waals surface area (Å²) in [6.45, 7) is 0. The number of aromatic nitrogens is 6. The van der Waals surface area contributed by atoms with E-state index in [9.17, 15) is 9.18 Å². The van der Waals surface area contributed by atoms with Crippen LogP contribution in [0.5, 0.6) is 0 Å². The number of benzene rings is 1. The van der Waals surface area contributed by atoms with E-state index in [1.165, 1.54) is 6.20 Å². The van der Waals surface area contributed by atoms with Crippen molar-refractivity contribution in [3.8, 4) is 16.9 Å². The van der Waals surface area contributed by atoms with Gasteiger partial charge in [0.1, 0.15) is 11.9 Å². The summed E-state index contributed by atoms with van der Waals surface area (Å²) in [5.74, 6) is -1.36. The van der Waals surface area contributed by atoms with Crippen molar-refractivity contribution in [2.24, 2.45) is 5.92 Å². The zero-order valence-corrected chi connectivity index (χ0v) is 17.0. The Morgan fingerprint density at radius 3 is 2.78 bits per heavy atom. The second-order valence-electron chi connectivity index (χ2n) is 7.61. The van der Waals surface area contributed by atoms with Crippen molar-refractivity contribution in [1.82, 2.24) is 29.1 Å². The molecular weight excluding hydrogens is 440 g/mol. The minimum Gasteiger partial charge on any atom is -0.319 e. The summed E-state index contributed by atoms with van der Waals surface area (Å²) in [6, 6.07) is 3.57. The third-order valence-corrected chi connectivity index (χ3v) is 5.88. The first-order valence-electron chi connectivity index (χ1n) is 9.78. The van der Waals surface area contributed by atoms with Gasteiger partial charge in [0, 0.05) is 29.5 Å². The molecule has 2 atom stereocenters. The number of carbonyl (C=O) groups is 1. The molecule has 32 heavy (non-hydrogen) atoms. The lowest BCUT2D eigenvalue weighted by Gasteiger charge is -2.13. The third kappa shape index (κ3) is 2.87. The number of H-pyrrole nitrogens is 1. The van der Waals surface area contributed by atoms with Crippen LogP contribution in [0.15, 0.2) is 49.3 Å². The van der Waals surface area contributed by atoms with Gasteiger partial charge in [0.15, 0.2) is 17.3 Å². The van der Waals surface area contributed by atoms with E-state index in [-0.39, 0.29) is 22.9 Å². The van der Waals surface area contributed by atoms with Gasteiger partial charge in [-0.1, -0.05) is 11.6 Å². The maximum absolute atomic E-state index is 15.4. The largest absolute Gasteiger partial charge is 0.319 e. The number of alkyl halides is 1. The molecule has 8 nitrogen and oxygen atoms in total. The quantitative estimate of drug-likeness (QED) is 0.427. The molecule has 1 amide bonds. The van der Waals surface area contributed by atoms with E-state index in [1.54, 1.807) is 52.1 Å². The number of nitrogens with one attached hydrogen (secondary N) is 2. The molecule has 1 aromatic carbocycles. The van der Waals surface area contributed by atoms with Crippen molar-refractivity contribution in [1.29, 1.82) is 0 Å². The summed E-state index contributed by atoms with van der Waals surface area (Å²) in [5, 5.41) is 10.0. The Kier molecular flexibility index (Phi) is 4.06. The maximum Gasteiger partial charge on any atom is 0.231 e. The van der Waals surface area contributed by atoms with Crippen molar-refractivity contribution in [2.45, 2.75) is 12.6 Å². The normalized spacial score (nSPS) is 17.8. The zero-order valence-electron chi connectivity index (χ0n) is 16.3. The van der Waals surface area contributed by atoms with Gasteiger partial charge in [0.05, 0.1) is 40.7 Å². The second kappa shape index (κ2) is 6.86. The Bertz CT molecular complexity index is 1510. The summed E-state index contributed by atoms with van der Waals surface area (Å²) < 4.78 is 31.7. The van der Waals surface area contributed by atoms with Gasteiger partial charge in [-0.2, -0.15) is 5.10 Å². The van der Waals surface area contributed by atoms with E-state index < -0.39 is 23.8 Å². The van der Waals surface area contributed by atoms with Gasteiger partial charge in [-0.05, 0) is 18.6 Å². The van der Waals surface area contributed by atoms with Crippen LogP contribution in [0.2, 0.25) is 5.02 Å². The van der Waals surface area contributed by atoms with Gasteiger partial charge in [-0.3, -0.25) is 14.9 Å². The maximum atomic E-state index is 15.4. The standard InChI is InChI=1S/C21H14ClF2N7O/c22-17-16(11-6-26-29-19(11)20(18(17)24)30-3-1-2-4-30)13-8-31-9-14(27-15(31)7-25-13)28-21(32)10-5-12(10)23/h1-4,6-10,12H,5H2,(H,26,29)(H,28,32). The lowest BCUT2D eigenvalue weighted by Crippen LogP contribution is -2.15. The molecule has 0 aliphatic heterocycles. The zero-order chi connectivity index (χ0) is 22.0. The van der Waals surface area contributed by atoms with Gasteiger partial charge < -0.3 is 14.3 Å². The smallest absolute Gasteiger partial charge is 0.231 e. The molecular formula is C21H14ClF2N7O. The number of aromatic amines is 1. The fourth-order valence-corrected chi connectivity index (χ4v) is 4.11. The van der Waals surface area contributed by atoms with Gasteiger partial charge in [-0.15, -0.1) is 0 Å². The van der Waals surface area contributed by atoms with Crippen molar-refractivity contribution >= 4 is 39.9 Å². The van der Waals surface area contributed by atoms with Crippen LogP contribution in [-0.2, 0) is 4.79 Å². The van der Waals surface area contributed by atoms with E-state index in [1.807, 2.05) is 0 Å². The first-order valence-corrected chi connectivity index (χ1v) is 10.2. The molecule has 2 N–H and O–H groups in total. The summed E-state index contributed by atoms with van der Waals surface area (Å²) in [7, 11) is 0. The monoisotopic (exact) mass is 453 g/mol. The van der Waals surface area contributed by atoms with Crippen LogP contribution >= 0.6 is 11.6 Å². The first kappa shape index (κ1) is 18.9. The molecule has 0 spiro atoms. The molecule has 2 unspecified atom stereocenters. The highest BCUT2D eigenvalue weighted by Crippen LogP contribution is 2.40. The van der Waals surface area contributed by atoms with E-state index in [0.717, 1.165) is 0 Å². The Morgan fingerprint density at radius 1 is 1.25 bits per heavy atom. The van der Waals surface area contributed by atoms with E-state index in [4.69, 9.17) is 11.6 Å². The van der Waals surface area contributed by atoms with Gasteiger partial charge in [0.25, 0.3) is 0 Å². The number of imidazole rings is 1. The fourth-order valence-electron chi connectivity index (χ4n) is 3.82. The Labute approximate surface area is 183 Å². The van der Waals surface area contributed by atoms with E-state index >= 15 is 4.39 Å². The molecule has 0 saturated heterocycles. The lowest BCUT2D eigenvalue weighted by atomic mass is 10.1. The third-order valence-electron chi connectivity index (χ3n) is 5.53. The summed E-state index contributed by atoms with van der Waals surface area (Å²) in [5.41, 5.74) is 1.97. The molecule has 5 aromatic rings. The van der Waals surface area contributed by atoms with Gasteiger partial charge >= 0.3 is 0 Å². The topological polar surface area (TPSA) is 92.9 Å². The highest BCUT2D eigenvalue weighted by Gasteiger charge is 2.43. The number of carbonyl (C=O) groups excluding carboxylic acids is 1. The highest BCUT2D eigenvalue weighted by atomic mass is 35.5. The molecule has 1 aliphatic carbocycles. The second-order valence-corrected chi connectivity index (χ2v) is 7.99. The van der Waals surface area contributed by atoms with E-state index in [0.29, 0.717) is 27.8 Å². The van der Waals surface area contributed by atoms with Crippen molar-refractivity contribution in [3.05, 3.63) is 60.2 Å². The number of amides is 1. The number of fused-ring (bicyclic) bond motifs is 2. The average molecular weight is 454 g/mol. The van der Waals surface area contributed by atoms with Gasteiger partial charge in [0.2, 0.25) is 5.91 Å². The minimum atomic E-state index is -1.09. The van der Waals surface area contributed by atoms with Crippen LogP contribution in [-0.4, -0.2) is 41.2 Å². The summed E-state index contributed by atoms with van der Waals surface area (Å²) in [6.07, 6.45) is 8.84. The van der Waals surface area contributed by atoms with Crippen LogP contribution < -0.4 is 5.32 Å². The predicted molar refractivity (Wildman–Crippen MR) is 114 cm³/mol. The van der Waals surface area contributed by atoms with Crippen molar-refractivity contribution in [2.75, 3.05) is 5.32 Å². The molecule has 0 bridgehead atoms. The van der Waals surface area contributed by atoms with E-state index in [2.05, 4.69) is 25.5 Å². The Morgan fingerprint density at radius 2 is 2.03 bits per heavy atom. The summed E-state index contributed by atoms with van der Waals surface area (Å²) in [4.78, 5) is 20.7. The number of hydrogen-bond acceptors (Lipinski definition) is 4. The molecule has 0 radical (unpaired) electrons. The number of nitrogens with zero attached hydrogens (tertiary/aromatic N) is 5. The molecule has 160 valence electrons. The van der Waals surface area contributed by atoms with Gasteiger partial charge in [-0.25, -0.2) is 13.8 Å².